The van der Waals surface area contributed by atoms with Gasteiger partial charge in [-0.05, 0) is 19.8 Å². The summed E-state index contributed by atoms with van der Waals surface area (Å²) in [6, 6.07) is 0. The van der Waals surface area contributed by atoms with Crippen molar-refractivity contribution in [3.05, 3.63) is 11.3 Å². The number of rotatable bonds is 9. The number of nitrogens with zero attached hydrogens (tertiary/aromatic N) is 2. The van der Waals surface area contributed by atoms with Crippen LogP contribution in [0.25, 0.3) is 0 Å². The predicted octanol–water partition coefficient (Wildman–Crippen LogP) is 1.27. The van der Waals surface area contributed by atoms with Gasteiger partial charge in [0.1, 0.15) is 11.4 Å². The van der Waals surface area contributed by atoms with E-state index in [0.29, 0.717) is 30.0 Å². The maximum Gasteiger partial charge on any atom is 0.303 e. The Morgan fingerprint density at radius 3 is 2.55 bits per heavy atom. The Balaban J connectivity index is 2.35. The third-order valence-corrected chi connectivity index (χ3v) is 3.08. The summed E-state index contributed by atoms with van der Waals surface area (Å²) in [7, 11) is 1.76. The van der Waals surface area contributed by atoms with Gasteiger partial charge in [-0.25, -0.2) is 0 Å². The molecule has 0 saturated carbocycles. The molecule has 1 aromatic rings. The Morgan fingerprint density at radius 1 is 1.30 bits per heavy atom. The van der Waals surface area contributed by atoms with E-state index >= 15 is 0 Å². The second kappa shape index (κ2) is 7.52. The SMILES string of the molecule is Cc1nn(C)c(NCCCCCCC(=O)O)c1C(N)=O. The van der Waals surface area contributed by atoms with E-state index in [1.165, 1.54) is 0 Å². The van der Waals surface area contributed by atoms with E-state index < -0.39 is 11.9 Å². The van der Waals surface area contributed by atoms with Gasteiger partial charge in [0.15, 0.2) is 0 Å². The molecule has 0 radical (unpaired) electrons. The van der Waals surface area contributed by atoms with E-state index in [4.69, 9.17) is 10.8 Å². The molecule has 1 aromatic heterocycles. The average molecular weight is 282 g/mol. The lowest BCUT2D eigenvalue weighted by Gasteiger charge is -2.08. The number of unbranched alkanes of at least 4 members (excludes halogenated alkanes) is 3. The standard InChI is InChI=1S/C13H22N4O3/c1-9-11(12(14)20)13(17(2)16-9)15-8-6-4-3-5-7-10(18)19/h15H,3-8H2,1-2H3,(H2,14,20)(H,18,19). The lowest BCUT2D eigenvalue weighted by molar-refractivity contribution is -0.137. The third-order valence-electron chi connectivity index (χ3n) is 3.08. The molecule has 7 nitrogen and oxygen atoms in total. The normalized spacial score (nSPS) is 10.5. The maximum absolute atomic E-state index is 11.4. The number of aliphatic carboxylic acids is 1. The molecule has 0 saturated heterocycles. The number of carbonyl (C=O) groups excluding carboxylic acids is 1. The molecular formula is C13H22N4O3. The van der Waals surface area contributed by atoms with Crippen molar-refractivity contribution in [3.63, 3.8) is 0 Å². The van der Waals surface area contributed by atoms with E-state index in [9.17, 15) is 9.59 Å². The highest BCUT2D eigenvalue weighted by molar-refractivity contribution is 5.98. The van der Waals surface area contributed by atoms with Gasteiger partial charge in [0.25, 0.3) is 5.91 Å². The second-order valence-corrected chi connectivity index (χ2v) is 4.78. The first kappa shape index (κ1) is 16.0. The summed E-state index contributed by atoms with van der Waals surface area (Å²) in [5, 5.41) is 15.8. The van der Waals surface area contributed by atoms with Crippen LogP contribution in [0.3, 0.4) is 0 Å². The lowest BCUT2D eigenvalue weighted by Crippen LogP contribution is -2.16. The first-order valence-corrected chi connectivity index (χ1v) is 6.72. The zero-order valence-corrected chi connectivity index (χ0v) is 12.0. The number of aromatic nitrogens is 2. The van der Waals surface area contributed by atoms with Gasteiger partial charge in [0.05, 0.1) is 5.69 Å². The van der Waals surface area contributed by atoms with Crippen molar-refractivity contribution in [2.45, 2.75) is 39.0 Å². The topological polar surface area (TPSA) is 110 Å². The van der Waals surface area contributed by atoms with Crippen molar-refractivity contribution < 1.29 is 14.7 Å². The van der Waals surface area contributed by atoms with Gasteiger partial charge in [-0.2, -0.15) is 5.10 Å². The van der Waals surface area contributed by atoms with Crippen LogP contribution in [-0.2, 0) is 11.8 Å². The van der Waals surface area contributed by atoms with Gasteiger partial charge >= 0.3 is 5.97 Å². The number of aryl methyl sites for hydroxylation is 2. The summed E-state index contributed by atoms with van der Waals surface area (Å²) in [6.45, 7) is 2.45. The molecule has 0 aliphatic rings. The minimum absolute atomic E-state index is 0.222. The summed E-state index contributed by atoms with van der Waals surface area (Å²) in [5.41, 5.74) is 6.38. The van der Waals surface area contributed by atoms with Crippen molar-refractivity contribution in [1.82, 2.24) is 9.78 Å². The van der Waals surface area contributed by atoms with E-state index in [1.54, 1.807) is 18.7 Å². The van der Waals surface area contributed by atoms with Crippen LogP contribution in [0.5, 0.6) is 0 Å². The molecule has 20 heavy (non-hydrogen) atoms. The van der Waals surface area contributed by atoms with Crippen LogP contribution in [0.1, 0.15) is 48.2 Å². The Hall–Kier alpha value is -2.05. The number of hydrogen-bond acceptors (Lipinski definition) is 4. The van der Waals surface area contributed by atoms with Crippen molar-refractivity contribution in [1.29, 1.82) is 0 Å². The van der Waals surface area contributed by atoms with Crippen LogP contribution in [0.4, 0.5) is 5.82 Å². The monoisotopic (exact) mass is 282 g/mol. The molecule has 4 N–H and O–H groups in total. The molecule has 1 rings (SSSR count). The molecular weight excluding hydrogens is 260 g/mol. The number of carboxylic acid groups (broad SMARTS) is 1. The Labute approximate surface area is 118 Å². The molecule has 0 bridgehead atoms. The van der Waals surface area contributed by atoms with Gasteiger partial charge in [-0.3, -0.25) is 14.3 Å². The summed E-state index contributed by atoms with van der Waals surface area (Å²) < 4.78 is 1.61. The minimum Gasteiger partial charge on any atom is -0.481 e. The molecule has 1 heterocycles. The van der Waals surface area contributed by atoms with E-state index in [0.717, 1.165) is 19.3 Å². The van der Waals surface area contributed by atoms with Gasteiger partial charge in [0.2, 0.25) is 0 Å². The summed E-state index contributed by atoms with van der Waals surface area (Å²) in [5.74, 6) is -0.598. The fraction of sp³-hybridized carbons (Fsp3) is 0.615. The smallest absolute Gasteiger partial charge is 0.303 e. The first-order valence-electron chi connectivity index (χ1n) is 6.72. The number of anilines is 1. The number of nitrogens with one attached hydrogen (secondary N) is 1. The van der Waals surface area contributed by atoms with Crippen LogP contribution in [0, 0.1) is 6.92 Å². The highest BCUT2D eigenvalue weighted by Crippen LogP contribution is 2.18. The quantitative estimate of drug-likeness (QED) is 0.591. The molecule has 0 aliphatic carbocycles. The number of amides is 1. The van der Waals surface area contributed by atoms with Gasteiger partial charge in [-0.1, -0.05) is 12.8 Å². The van der Waals surface area contributed by atoms with Crippen molar-refractivity contribution >= 4 is 17.7 Å². The number of carboxylic acids is 1. The van der Waals surface area contributed by atoms with E-state index in [-0.39, 0.29) is 6.42 Å². The summed E-state index contributed by atoms with van der Waals surface area (Å²) >= 11 is 0. The van der Waals surface area contributed by atoms with Crippen molar-refractivity contribution in [2.24, 2.45) is 12.8 Å². The van der Waals surface area contributed by atoms with Crippen LogP contribution in [-0.4, -0.2) is 33.3 Å². The van der Waals surface area contributed by atoms with E-state index in [1.807, 2.05) is 0 Å². The molecule has 1 amide bonds. The van der Waals surface area contributed by atoms with Gasteiger partial charge < -0.3 is 16.2 Å². The highest BCUT2D eigenvalue weighted by atomic mass is 16.4. The largest absolute Gasteiger partial charge is 0.481 e. The summed E-state index contributed by atoms with van der Waals surface area (Å²) in [6.07, 6.45) is 3.67. The highest BCUT2D eigenvalue weighted by Gasteiger charge is 2.17. The third kappa shape index (κ3) is 4.56. The minimum atomic E-state index is -0.750. The Morgan fingerprint density at radius 2 is 1.95 bits per heavy atom. The lowest BCUT2D eigenvalue weighted by atomic mass is 10.1. The van der Waals surface area contributed by atoms with Crippen LogP contribution in [0.15, 0.2) is 0 Å². The first-order chi connectivity index (χ1) is 9.43. The fourth-order valence-corrected chi connectivity index (χ4v) is 2.12. The Bertz CT molecular complexity index is 482. The zero-order chi connectivity index (χ0) is 15.1. The number of primary amides is 1. The number of hydrogen-bond donors (Lipinski definition) is 3. The maximum atomic E-state index is 11.4. The van der Waals surface area contributed by atoms with Crippen LogP contribution >= 0.6 is 0 Å². The number of carbonyl (C=O) groups is 2. The number of nitrogens with two attached hydrogens (primary N) is 1. The zero-order valence-electron chi connectivity index (χ0n) is 12.0. The molecule has 0 unspecified atom stereocenters. The van der Waals surface area contributed by atoms with E-state index in [2.05, 4.69) is 10.4 Å². The molecule has 0 aliphatic heterocycles. The van der Waals surface area contributed by atoms with Crippen molar-refractivity contribution in [2.75, 3.05) is 11.9 Å². The fourth-order valence-electron chi connectivity index (χ4n) is 2.12. The molecule has 7 heteroatoms. The molecule has 0 spiro atoms. The predicted molar refractivity (Wildman–Crippen MR) is 75.7 cm³/mol. The van der Waals surface area contributed by atoms with Crippen LogP contribution in [0.2, 0.25) is 0 Å². The molecule has 0 aromatic carbocycles. The average Bonchev–Trinajstić information content (AvgIpc) is 2.62. The van der Waals surface area contributed by atoms with Gasteiger partial charge in [-0.15, -0.1) is 0 Å². The van der Waals surface area contributed by atoms with Crippen LogP contribution < -0.4 is 11.1 Å². The molecule has 0 fully saturated rings. The van der Waals surface area contributed by atoms with Crippen molar-refractivity contribution in [3.8, 4) is 0 Å². The molecule has 112 valence electrons. The summed E-state index contributed by atoms with van der Waals surface area (Å²) in [4.78, 5) is 21.7. The molecule has 0 atom stereocenters. The second-order valence-electron chi connectivity index (χ2n) is 4.78. The van der Waals surface area contributed by atoms with Gasteiger partial charge in [0, 0.05) is 20.0 Å². The Kier molecular flexibility index (Phi) is 6.02.